The van der Waals surface area contributed by atoms with E-state index in [0.29, 0.717) is 0 Å². The van der Waals surface area contributed by atoms with E-state index in [4.69, 9.17) is 0 Å². The maximum Gasteiger partial charge on any atom is 0.411 e. The van der Waals surface area contributed by atoms with E-state index >= 15 is 0 Å². The van der Waals surface area contributed by atoms with E-state index in [9.17, 15) is 22.0 Å². The Bertz CT molecular complexity index is 408. The second-order valence-electron chi connectivity index (χ2n) is 3.99. The molecule has 7 heteroatoms. The number of benzene rings is 1. The lowest BCUT2D eigenvalue weighted by Crippen LogP contribution is -2.26. The van der Waals surface area contributed by atoms with Gasteiger partial charge in [0.2, 0.25) is 0 Å². The first-order valence-electron chi connectivity index (χ1n) is 5.63. The summed E-state index contributed by atoms with van der Waals surface area (Å²) in [4.78, 5) is 0. The predicted molar refractivity (Wildman–Crippen MR) is 59.6 cm³/mol. The lowest BCUT2D eigenvalue weighted by Gasteiger charge is -2.15. The minimum atomic E-state index is -4.36. The van der Waals surface area contributed by atoms with E-state index in [2.05, 4.69) is 10.1 Å². The number of halogens is 5. The van der Waals surface area contributed by atoms with Crippen molar-refractivity contribution in [2.24, 2.45) is 0 Å². The number of hydrogen-bond donors (Lipinski definition) is 1. The smallest absolute Gasteiger partial charge is 0.371 e. The Labute approximate surface area is 107 Å². The lowest BCUT2D eigenvalue weighted by atomic mass is 10.1. The first kappa shape index (κ1) is 15.8. The summed E-state index contributed by atoms with van der Waals surface area (Å²) in [5.74, 6) is -1.92. The van der Waals surface area contributed by atoms with Crippen molar-refractivity contribution in [2.75, 3.05) is 19.8 Å². The van der Waals surface area contributed by atoms with E-state index < -0.39 is 30.5 Å². The number of rotatable bonds is 6. The molecule has 0 aliphatic heterocycles. The zero-order valence-electron chi connectivity index (χ0n) is 10.2. The van der Waals surface area contributed by atoms with Crippen molar-refractivity contribution in [3.05, 3.63) is 35.4 Å². The van der Waals surface area contributed by atoms with Gasteiger partial charge in [-0.1, -0.05) is 12.1 Å². The van der Waals surface area contributed by atoms with Gasteiger partial charge in [-0.2, -0.15) is 13.2 Å². The maximum absolute atomic E-state index is 13.4. The lowest BCUT2D eigenvalue weighted by molar-refractivity contribution is -0.173. The van der Waals surface area contributed by atoms with Gasteiger partial charge in [-0.05, 0) is 13.0 Å². The highest BCUT2D eigenvalue weighted by Crippen LogP contribution is 2.18. The van der Waals surface area contributed by atoms with Crippen LogP contribution in [0.1, 0.15) is 18.5 Å². The van der Waals surface area contributed by atoms with Crippen LogP contribution >= 0.6 is 0 Å². The maximum atomic E-state index is 13.4. The Morgan fingerprint density at radius 2 is 1.95 bits per heavy atom. The van der Waals surface area contributed by atoms with Crippen LogP contribution in [0.5, 0.6) is 0 Å². The molecule has 19 heavy (non-hydrogen) atoms. The van der Waals surface area contributed by atoms with Crippen LogP contribution in [0, 0.1) is 11.6 Å². The van der Waals surface area contributed by atoms with Gasteiger partial charge in [0.1, 0.15) is 6.61 Å². The third kappa shape index (κ3) is 5.52. The topological polar surface area (TPSA) is 21.3 Å². The molecule has 0 saturated heterocycles. The molecular formula is C12H14F5NO. The second-order valence-corrected chi connectivity index (χ2v) is 3.99. The molecule has 0 radical (unpaired) electrons. The molecule has 0 fully saturated rings. The van der Waals surface area contributed by atoms with E-state index in [1.165, 1.54) is 12.1 Å². The third-order valence-corrected chi connectivity index (χ3v) is 2.41. The third-order valence-electron chi connectivity index (χ3n) is 2.41. The van der Waals surface area contributed by atoms with Gasteiger partial charge in [0.25, 0.3) is 0 Å². The molecule has 0 amide bonds. The molecule has 0 saturated carbocycles. The van der Waals surface area contributed by atoms with Gasteiger partial charge in [-0.15, -0.1) is 0 Å². The van der Waals surface area contributed by atoms with Crippen LogP contribution in [0.25, 0.3) is 0 Å². The van der Waals surface area contributed by atoms with E-state index in [1.54, 1.807) is 6.92 Å². The SMILES string of the molecule is CC(NCCOCC(F)(F)F)c1cccc(F)c1F. The zero-order chi connectivity index (χ0) is 14.5. The molecule has 1 aromatic carbocycles. The van der Waals surface area contributed by atoms with Crippen LogP contribution in [-0.4, -0.2) is 25.9 Å². The fourth-order valence-corrected chi connectivity index (χ4v) is 1.50. The second kappa shape index (κ2) is 6.81. The minimum Gasteiger partial charge on any atom is -0.371 e. The summed E-state index contributed by atoms with van der Waals surface area (Å²) >= 11 is 0. The molecule has 0 heterocycles. The largest absolute Gasteiger partial charge is 0.411 e. The summed E-state index contributed by atoms with van der Waals surface area (Å²) in [6.07, 6.45) is -4.36. The average Bonchev–Trinajstić information content (AvgIpc) is 2.30. The van der Waals surface area contributed by atoms with Crippen LogP contribution < -0.4 is 5.32 Å². The Morgan fingerprint density at radius 3 is 2.58 bits per heavy atom. The predicted octanol–water partition coefficient (Wildman–Crippen LogP) is 3.19. The van der Waals surface area contributed by atoms with Gasteiger partial charge in [0.15, 0.2) is 11.6 Å². The molecule has 0 aliphatic carbocycles. The van der Waals surface area contributed by atoms with Gasteiger partial charge >= 0.3 is 6.18 Å². The first-order chi connectivity index (χ1) is 8.81. The Kier molecular flexibility index (Phi) is 5.68. The number of ether oxygens (including phenoxy) is 1. The molecule has 0 bridgehead atoms. The summed E-state index contributed by atoms with van der Waals surface area (Å²) in [5.41, 5.74) is 0.121. The number of nitrogens with one attached hydrogen (secondary N) is 1. The Balaban J connectivity index is 2.35. The van der Waals surface area contributed by atoms with Crippen LogP contribution in [0.15, 0.2) is 18.2 Å². The number of alkyl halides is 3. The average molecular weight is 283 g/mol. The van der Waals surface area contributed by atoms with E-state index in [-0.39, 0.29) is 18.7 Å². The molecule has 1 N–H and O–H groups in total. The van der Waals surface area contributed by atoms with Gasteiger partial charge in [0.05, 0.1) is 6.61 Å². The van der Waals surface area contributed by atoms with Crippen molar-refractivity contribution < 1.29 is 26.7 Å². The van der Waals surface area contributed by atoms with Gasteiger partial charge in [0, 0.05) is 18.2 Å². The van der Waals surface area contributed by atoms with Crippen molar-refractivity contribution in [1.82, 2.24) is 5.32 Å². The highest BCUT2D eigenvalue weighted by Gasteiger charge is 2.27. The fraction of sp³-hybridized carbons (Fsp3) is 0.500. The molecule has 0 aliphatic rings. The summed E-state index contributed by atoms with van der Waals surface area (Å²) in [7, 11) is 0. The summed E-state index contributed by atoms with van der Waals surface area (Å²) in [5, 5.41) is 2.75. The molecule has 0 aromatic heterocycles. The van der Waals surface area contributed by atoms with Crippen LogP contribution in [0.4, 0.5) is 22.0 Å². The molecule has 1 rings (SSSR count). The van der Waals surface area contributed by atoms with Crippen molar-refractivity contribution in [1.29, 1.82) is 0 Å². The van der Waals surface area contributed by atoms with E-state index in [1.807, 2.05) is 0 Å². The molecular weight excluding hydrogens is 269 g/mol. The monoisotopic (exact) mass is 283 g/mol. The highest BCUT2D eigenvalue weighted by molar-refractivity contribution is 5.21. The summed E-state index contributed by atoms with van der Waals surface area (Å²) in [6, 6.07) is 3.25. The Hall–Kier alpha value is -1.21. The van der Waals surface area contributed by atoms with Crippen molar-refractivity contribution in [3.8, 4) is 0 Å². The van der Waals surface area contributed by atoms with Crippen LogP contribution in [-0.2, 0) is 4.74 Å². The van der Waals surface area contributed by atoms with Crippen LogP contribution in [0.2, 0.25) is 0 Å². The van der Waals surface area contributed by atoms with Gasteiger partial charge < -0.3 is 10.1 Å². The molecule has 1 atom stereocenters. The van der Waals surface area contributed by atoms with E-state index in [0.717, 1.165) is 6.07 Å². The standard InChI is InChI=1S/C12H14F5NO/c1-8(9-3-2-4-10(13)11(9)14)18-5-6-19-7-12(15,16)17/h2-4,8,18H,5-7H2,1H3. The quantitative estimate of drug-likeness (QED) is 0.639. The van der Waals surface area contributed by atoms with Crippen LogP contribution in [0.3, 0.4) is 0 Å². The molecule has 1 unspecified atom stereocenters. The summed E-state index contributed by atoms with van der Waals surface area (Å²) < 4.78 is 66.0. The van der Waals surface area contributed by atoms with Gasteiger partial charge in [-0.3, -0.25) is 0 Å². The molecule has 108 valence electrons. The normalized spacial score (nSPS) is 13.6. The Morgan fingerprint density at radius 1 is 1.26 bits per heavy atom. The number of hydrogen-bond acceptors (Lipinski definition) is 2. The van der Waals surface area contributed by atoms with Crippen molar-refractivity contribution >= 4 is 0 Å². The van der Waals surface area contributed by atoms with Gasteiger partial charge in [-0.25, -0.2) is 8.78 Å². The molecule has 1 aromatic rings. The minimum absolute atomic E-state index is 0.104. The molecule has 0 spiro atoms. The zero-order valence-corrected chi connectivity index (χ0v) is 10.2. The molecule has 2 nitrogen and oxygen atoms in total. The first-order valence-corrected chi connectivity index (χ1v) is 5.63. The highest BCUT2D eigenvalue weighted by atomic mass is 19.4. The fourth-order valence-electron chi connectivity index (χ4n) is 1.50. The summed E-state index contributed by atoms with van der Waals surface area (Å²) in [6.45, 7) is 0.201. The van der Waals surface area contributed by atoms with Crippen molar-refractivity contribution in [3.63, 3.8) is 0 Å². The van der Waals surface area contributed by atoms with Crippen molar-refractivity contribution in [2.45, 2.75) is 19.1 Å².